The Bertz CT molecular complexity index is 776. The van der Waals surface area contributed by atoms with E-state index in [-0.39, 0.29) is 11.8 Å². The number of nitrogens with two attached hydrogens (primary N) is 1. The zero-order valence-corrected chi connectivity index (χ0v) is 16.4. The summed E-state index contributed by atoms with van der Waals surface area (Å²) < 4.78 is 0. The molecule has 2 aromatic rings. The van der Waals surface area contributed by atoms with Crippen LogP contribution in [0.4, 0.5) is 5.82 Å². The van der Waals surface area contributed by atoms with E-state index in [1.165, 1.54) is 11.1 Å². The monoisotopic (exact) mass is 367 g/mol. The van der Waals surface area contributed by atoms with Crippen LogP contribution in [0.1, 0.15) is 30.3 Å². The van der Waals surface area contributed by atoms with Crippen LogP contribution in [0.2, 0.25) is 0 Å². The number of likely N-dealkylation sites (N-methyl/N-ethyl adjacent to an activating group) is 1. The van der Waals surface area contributed by atoms with Gasteiger partial charge in [0.1, 0.15) is 11.6 Å². The Hall–Kier alpha value is -2.47. The number of nitrogen functional groups attached to an aromatic ring is 1. The highest BCUT2D eigenvalue weighted by Gasteiger charge is 2.31. The van der Waals surface area contributed by atoms with Crippen LogP contribution < -0.4 is 5.73 Å². The Morgan fingerprint density at radius 2 is 2.07 bits per heavy atom. The van der Waals surface area contributed by atoms with E-state index in [9.17, 15) is 4.79 Å². The van der Waals surface area contributed by atoms with Crippen molar-refractivity contribution in [1.29, 1.82) is 0 Å². The SMILES string of the molecule is Cc1ccc(C[C@H](C)C(=O)N2CC[C@H](N(C)Cc3nccc(N)n3)C2)cc1. The summed E-state index contributed by atoms with van der Waals surface area (Å²) in [5, 5.41) is 0. The molecule has 2 atom stereocenters. The molecule has 0 unspecified atom stereocenters. The number of likely N-dealkylation sites (tertiary alicyclic amines) is 1. The third-order valence-corrected chi connectivity index (χ3v) is 5.30. The summed E-state index contributed by atoms with van der Waals surface area (Å²) >= 11 is 0. The lowest BCUT2D eigenvalue weighted by Crippen LogP contribution is -2.38. The molecule has 0 saturated carbocycles. The third kappa shape index (κ3) is 5.04. The van der Waals surface area contributed by atoms with E-state index in [0.29, 0.717) is 18.4 Å². The highest BCUT2D eigenvalue weighted by Crippen LogP contribution is 2.20. The van der Waals surface area contributed by atoms with Gasteiger partial charge in [0.2, 0.25) is 5.91 Å². The largest absolute Gasteiger partial charge is 0.384 e. The normalized spacial score (nSPS) is 18.1. The number of anilines is 1. The van der Waals surface area contributed by atoms with E-state index in [0.717, 1.165) is 31.8 Å². The zero-order chi connectivity index (χ0) is 19.4. The Morgan fingerprint density at radius 1 is 1.33 bits per heavy atom. The van der Waals surface area contributed by atoms with Crippen LogP contribution in [-0.2, 0) is 17.8 Å². The molecule has 1 aromatic heterocycles. The van der Waals surface area contributed by atoms with Crippen molar-refractivity contribution in [3.63, 3.8) is 0 Å². The number of carbonyl (C=O) groups excluding carboxylic acids is 1. The van der Waals surface area contributed by atoms with E-state index >= 15 is 0 Å². The molecule has 0 radical (unpaired) electrons. The molecule has 144 valence electrons. The van der Waals surface area contributed by atoms with Crippen LogP contribution in [0.5, 0.6) is 0 Å². The van der Waals surface area contributed by atoms with Gasteiger partial charge in [-0.15, -0.1) is 0 Å². The van der Waals surface area contributed by atoms with Gasteiger partial charge >= 0.3 is 0 Å². The number of benzene rings is 1. The minimum Gasteiger partial charge on any atom is -0.384 e. The van der Waals surface area contributed by atoms with Crippen molar-refractivity contribution in [3.05, 3.63) is 53.5 Å². The summed E-state index contributed by atoms with van der Waals surface area (Å²) in [6.45, 7) is 6.31. The number of hydrogen-bond acceptors (Lipinski definition) is 5. The molecule has 1 aliphatic rings. The van der Waals surface area contributed by atoms with Gasteiger partial charge in [-0.2, -0.15) is 0 Å². The maximum absolute atomic E-state index is 12.9. The van der Waals surface area contributed by atoms with Crippen molar-refractivity contribution in [3.8, 4) is 0 Å². The molecular formula is C21H29N5O. The summed E-state index contributed by atoms with van der Waals surface area (Å²) in [4.78, 5) is 25.6. The quantitative estimate of drug-likeness (QED) is 0.848. The minimum absolute atomic E-state index is 0.00554. The molecule has 0 aliphatic carbocycles. The molecular weight excluding hydrogens is 338 g/mol. The molecule has 2 N–H and O–H groups in total. The fourth-order valence-corrected chi connectivity index (χ4v) is 3.62. The molecule has 0 spiro atoms. The molecule has 6 heteroatoms. The van der Waals surface area contributed by atoms with Crippen LogP contribution in [0, 0.1) is 12.8 Å². The van der Waals surface area contributed by atoms with E-state index in [2.05, 4.69) is 53.1 Å². The van der Waals surface area contributed by atoms with Gasteiger partial charge in [0.05, 0.1) is 6.54 Å². The second-order valence-corrected chi connectivity index (χ2v) is 7.63. The lowest BCUT2D eigenvalue weighted by Gasteiger charge is -2.25. The first-order valence-electron chi connectivity index (χ1n) is 9.54. The van der Waals surface area contributed by atoms with E-state index in [4.69, 9.17) is 5.73 Å². The van der Waals surface area contributed by atoms with Crippen molar-refractivity contribution >= 4 is 11.7 Å². The number of amides is 1. The Balaban J connectivity index is 1.53. The van der Waals surface area contributed by atoms with Gasteiger partial charge in [-0.05, 0) is 38.4 Å². The molecule has 27 heavy (non-hydrogen) atoms. The Morgan fingerprint density at radius 3 is 2.78 bits per heavy atom. The smallest absolute Gasteiger partial charge is 0.225 e. The number of nitrogens with zero attached hydrogens (tertiary/aromatic N) is 4. The fraction of sp³-hybridized carbons (Fsp3) is 0.476. The topological polar surface area (TPSA) is 75.4 Å². The highest BCUT2D eigenvalue weighted by molar-refractivity contribution is 5.79. The fourth-order valence-electron chi connectivity index (χ4n) is 3.62. The lowest BCUT2D eigenvalue weighted by molar-refractivity contribution is -0.134. The molecule has 1 amide bonds. The number of aromatic nitrogens is 2. The zero-order valence-electron chi connectivity index (χ0n) is 16.4. The molecule has 1 aliphatic heterocycles. The van der Waals surface area contributed by atoms with E-state index in [1.54, 1.807) is 12.3 Å². The first-order valence-corrected chi connectivity index (χ1v) is 9.54. The van der Waals surface area contributed by atoms with Crippen LogP contribution in [0.3, 0.4) is 0 Å². The van der Waals surface area contributed by atoms with Crippen molar-refractivity contribution in [2.75, 3.05) is 25.9 Å². The Kier molecular flexibility index (Phi) is 6.06. The van der Waals surface area contributed by atoms with Gasteiger partial charge < -0.3 is 10.6 Å². The van der Waals surface area contributed by atoms with Gasteiger partial charge in [0.15, 0.2) is 0 Å². The highest BCUT2D eigenvalue weighted by atomic mass is 16.2. The molecule has 1 fully saturated rings. The number of hydrogen-bond donors (Lipinski definition) is 1. The maximum atomic E-state index is 12.9. The summed E-state index contributed by atoms with van der Waals surface area (Å²) in [6, 6.07) is 10.5. The van der Waals surface area contributed by atoms with Gasteiger partial charge in [-0.25, -0.2) is 9.97 Å². The van der Waals surface area contributed by atoms with Crippen molar-refractivity contribution in [2.45, 2.75) is 39.3 Å². The summed E-state index contributed by atoms with van der Waals surface area (Å²) in [5.41, 5.74) is 8.19. The average molecular weight is 367 g/mol. The van der Waals surface area contributed by atoms with E-state index in [1.807, 2.05) is 11.8 Å². The second-order valence-electron chi connectivity index (χ2n) is 7.63. The number of rotatable bonds is 6. The van der Waals surface area contributed by atoms with Crippen LogP contribution >= 0.6 is 0 Å². The number of aryl methyl sites for hydroxylation is 1. The van der Waals surface area contributed by atoms with Gasteiger partial charge in [-0.3, -0.25) is 9.69 Å². The van der Waals surface area contributed by atoms with Gasteiger partial charge in [0, 0.05) is 31.2 Å². The van der Waals surface area contributed by atoms with Crippen LogP contribution in [0.15, 0.2) is 36.5 Å². The molecule has 2 heterocycles. The Labute approximate surface area is 161 Å². The molecule has 1 aromatic carbocycles. The van der Waals surface area contributed by atoms with Crippen LogP contribution in [0.25, 0.3) is 0 Å². The standard InChI is InChI=1S/C21H29N5O/c1-15-4-6-17(7-5-15)12-16(2)21(27)26-11-9-18(13-26)25(3)14-20-23-10-8-19(22)24-20/h4-8,10,16,18H,9,11-14H2,1-3H3,(H2,22,23,24)/t16-,18-/m0/s1. The second kappa shape index (κ2) is 8.48. The lowest BCUT2D eigenvalue weighted by atomic mass is 9.99. The predicted molar refractivity (Wildman–Crippen MR) is 107 cm³/mol. The van der Waals surface area contributed by atoms with Gasteiger partial charge in [0.25, 0.3) is 0 Å². The third-order valence-electron chi connectivity index (χ3n) is 5.30. The number of carbonyl (C=O) groups is 1. The van der Waals surface area contributed by atoms with Crippen LogP contribution in [-0.4, -0.2) is 51.9 Å². The summed E-state index contributed by atoms with van der Waals surface area (Å²) in [6.07, 6.45) is 3.44. The molecule has 0 bridgehead atoms. The summed E-state index contributed by atoms with van der Waals surface area (Å²) in [7, 11) is 2.06. The first kappa shape index (κ1) is 19.3. The van der Waals surface area contributed by atoms with Crippen molar-refractivity contribution in [2.24, 2.45) is 5.92 Å². The van der Waals surface area contributed by atoms with Crippen molar-refractivity contribution in [1.82, 2.24) is 19.8 Å². The molecule has 1 saturated heterocycles. The maximum Gasteiger partial charge on any atom is 0.225 e. The summed E-state index contributed by atoms with van der Waals surface area (Å²) in [5.74, 6) is 1.44. The minimum atomic E-state index is -0.00554. The molecule has 6 nitrogen and oxygen atoms in total. The van der Waals surface area contributed by atoms with Crippen molar-refractivity contribution < 1.29 is 4.79 Å². The predicted octanol–water partition coefficient (Wildman–Crippen LogP) is 2.28. The average Bonchev–Trinajstić information content (AvgIpc) is 3.13. The first-order chi connectivity index (χ1) is 12.9. The van der Waals surface area contributed by atoms with Gasteiger partial charge in [-0.1, -0.05) is 36.8 Å². The molecule has 3 rings (SSSR count). The van der Waals surface area contributed by atoms with E-state index < -0.39 is 0 Å².